The molecule has 3 heteroatoms. The molecule has 1 heterocycles. The van der Waals surface area contributed by atoms with Crippen molar-refractivity contribution in [3.05, 3.63) is 12.2 Å². The summed E-state index contributed by atoms with van der Waals surface area (Å²) in [6.45, 7) is 1.89. The normalized spacial score (nSPS) is 28.7. The Balaban J connectivity index is 1.97. The molecule has 1 aliphatic heterocycles. The molecule has 0 unspecified atom stereocenters. The van der Waals surface area contributed by atoms with E-state index >= 15 is 0 Å². The van der Waals surface area contributed by atoms with Gasteiger partial charge in [0.1, 0.15) is 0 Å². The minimum atomic E-state index is 0.495. The van der Waals surface area contributed by atoms with Crippen molar-refractivity contribution in [3.63, 3.8) is 0 Å². The highest BCUT2D eigenvalue weighted by molar-refractivity contribution is 5.94. The average Bonchev–Trinajstić information content (AvgIpc) is 2.56. The summed E-state index contributed by atoms with van der Waals surface area (Å²) in [5, 5.41) is 7.01. The molecule has 0 bridgehead atoms. The lowest BCUT2D eigenvalue weighted by Gasteiger charge is -2.21. The Labute approximate surface area is 98.2 Å². The van der Waals surface area contributed by atoms with Gasteiger partial charge < -0.3 is 4.74 Å². The third-order valence-corrected chi connectivity index (χ3v) is 3.33. The molecule has 0 radical (unpaired) electrons. The zero-order valence-electron chi connectivity index (χ0n) is 10.2. The summed E-state index contributed by atoms with van der Waals surface area (Å²) in [5.74, 6) is 0. The molecule has 1 atom stereocenters. The van der Waals surface area contributed by atoms with Crippen molar-refractivity contribution >= 4 is 5.71 Å². The zero-order chi connectivity index (χ0) is 11.2. The van der Waals surface area contributed by atoms with Crippen LogP contribution in [-0.4, -0.2) is 37.0 Å². The smallest absolute Gasteiger partial charge is 0.0704 e. The highest BCUT2D eigenvalue weighted by Gasteiger charge is 2.23. The van der Waals surface area contributed by atoms with Crippen LogP contribution in [0.5, 0.6) is 0 Å². The van der Waals surface area contributed by atoms with Crippen LogP contribution in [-0.2, 0) is 4.74 Å². The second kappa shape index (κ2) is 6.04. The highest BCUT2D eigenvalue weighted by Crippen LogP contribution is 2.19. The molecule has 1 saturated heterocycles. The van der Waals surface area contributed by atoms with E-state index in [0.29, 0.717) is 6.04 Å². The second-order valence-electron chi connectivity index (χ2n) is 4.65. The van der Waals surface area contributed by atoms with Crippen LogP contribution in [0.15, 0.2) is 17.3 Å². The van der Waals surface area contributed by atoms with Crippen LogP contribution in [0.2, 0.25) is 0 Å². The van der Waals surface area contributed by atoms with Crippen molar-refractivity contribution in [1.29, 1.82) is 0 Å². The Morgan fingerprint density at radius 2 is 2.38 bits per heavy atom. The van der Waals surface area contributed by atoms with E-state index in [1.54, 1.807) is 7.11 Å². The number of rotatable bonds is 3. The van der Waals surface area contributed by atoms with Crippen LogP contribution in [0, 0.1) is 0 Å². The molecule has 0 spiro atoms. The van der Waals surface area contributed by atoms with E-state index in [1.807, 2.05) is 0 Å². The van der Waals surface area contributed by atoms with Gasteiger partial charge in [0.05, 0.1) is 18.4 Å². The summed E-state index contributed by atoms with van der Waals surface area (Å²) in [7, 11) is 1.77. The maximum atomic E-state index is 5.24. The third kappa shape index (κ3) is 3.08. The first-order chi connectivity index (χ1) is 7.90. The molecule has 0 N–H and O–H groups in total. The number of hydrogen-bond acceptors (Lipinski definition) is 3. The third-order valence-electron chi connectivity index (χ3n) is 3.33. The predicted octanol–water partition coefficient (Wildman–Crippen LogP) is 2.58. The first kappa shape index (κ1) is 11.6. The summed E-state index contributed by atoms with van der Waals surface area (Å²) < 4.78 is 5.24. The van der Waals surface area contributed by atoms with Crippen molar-refractivity contribution in [2.45, 2.75) is 44.6 Å². The fraction of sp³-hybridized carbons (Fsp3) is 0.769. The largest absolute Gasteiger partial charge is 0.382 e. The molecule has 0 aromatic rings. The molecule has 90 valence electrons. The van der Waals surface area contributed by atoms with E-state index in [4.69, 9.17) is 9.84 Å². The van der Waals surface area contributed by atoms with Gasteiger partial charge in [-0.25, -0.2) is 0 Å². The van der Waals surface area contributed by atoms with Gasteiger partial charge >= 0.3 is 0 Å². The molecule has 1 aliphatic carbocycles. The monoisotopic (exact) mass is 222 g/mol. The maximum Gasteiger partial charge on any atom is 0.0704 e. The minimum Gasteiger partial charge on any atom is -0.382 e. The number of hydrogen-bond donors (Lipinski definition) is 0. The molecule has 16 heavy (non-hydrogen) atoms. The zero-order valence-corrected chi connectivity index (χ0v) is 10.2. The lowest BCUT2D eigenvalue weighted by Crippen LogP contribution is -2.29. The number of allylic oxidation sites excluding steroid dienone is 2. The molecule has 0 amide bonds. The van der Waals surface area contributed by atoms with Crippen LogP contribution in [0.3, 0.4) is 0 Å². The van der Waals surface area contributed by atoms with Crippen molar-refractivity contribution in [3.8, 4) is 0 Å². The van der Waals surface area contributed by atoms with Gasteiger partial charge in [0.15, 0.2) is 0 Å². The summed E-state index contributed by atoms with van der Waals surface area (Å²) >= 11 is 0. The van der Waals surface area contributed by atoms with Gasteiger partial charge in [-0.05, 0) is 44.6 Å². The van der Waals surface area contributed by atoms with Gasteiger partial charge in [0.2, 0.25) is 0 Å². The topological polar surface area (TPSA) is 24.8 Å². The van der Waals surface area contributed by atoms with Crippen molar-refractivity contribution in [2.75, 3.05) is 20.3 Å². The number of ether oxygens (including phenoxy) is 1. The van der Waals surface area contributed by atoms with E-state index in [0.717, 1.165) is 19.6 Å². The first-order valence-electron chi connectivity index (χ1n) is 6.40. The van der Waals surface area contributed by atoms with Crippen LogP contribution < -0.4 is 0 Å². The molecule has 3 nitrogen and oxygen atoms in total. The SMILES string of the molecule is COC[C@@H]1CCCN1/N=C1/C=CCCCC1. The second-order valence-corrected chi connectivity index (χ2v) is 4.65. The molecule has 1 fully saturated rings. The standard InChI is InChI=1S/C13H22N2O/c1-16-11-13-9-6-10-15(13)14-12-7-4-2-3-5-8-12/h4,7,13H,2-3,5-6,8-11H2,1H3/b14-12-/t13-/m0/s1. The Morgan fingerprint density at radius 3 is 3.25 bits per heavy atom. The van der Waals surface area contributed by atoms with Gasteiger partial charge in [0, 0.05) is 13.7 Å². The maximum absolute atomic E-state index is 5.24. The fourth-order valence-electron chi connectivity index (χ4n) is 2.43. The van der Waals surface area contributed by atoms with Crippen molar-refractivity contribution in [1.82, 2.24) is 5.01 Å². The van der Waals surface area contributed by atoms with Gasteiger partial charge in [0.25, 0.3) is 0 Å². The number of methoxy groups -OCH3 is 1. The van der Waals surface area contributed by atoms with Crippen LogP contribution in [0.25, 0.3) is 0 Å². The number of nitrogens with zero attached hydrogens (tertiary/aromatic N) is 2. The van der Waals surface area contributed by atoms with Crippen LogP contribution >= 0.6 is 0 Å². The molecular formula is C13H22N2O. The molecule has 2 aliphatic rings. The van der Waals surface area contributed by atoms with Gasteiger partial charge in [-0.2, -0.15) is 5.10 Å². The molecule has 0 saturated carbocycles. The van der Waals surface area contributed by atoms with E-state index in [9.17, 15) is 0 Å². The fourth-order valence-corrected chi connectivity index (χ4v) is 2.43. The van der Waals surface area contributed by atoms with E-state index in [1.165, 1.54) is 37.8 Å². The van der Waals surface area contributed by atoms with Gasteiger partial charge in [-0.1, -0.05) is 6.08 Å². The van der Waals surface area contributed by atoms with E-state index < -0.39 is 0 Å². The molecule has 2 rings (SSSR count). The Bertz CT molecular complexity index is 273. The summed E-state index contributed by atoms with van der Waals surface area (Å²) in [6, 6.07) is 0.495. The summed E-state index contributed by atoms with van der Waals surface area (Å²) in [4.78, 5) is 0. The predicted molar refractivity (Wildman–Crippen MR) is 66.6 cm³/mol. The van der Waals surface area contributed by atoms with Gasteiger partial charge in [-0.3, -0.25) is 5.01 Å². The van der Waals surface area contributed by atoms with Crippen molar-refractivity contribution in [2.24, 2.45) is 5.10 Å². The number of hydrazone groups is 1. The van der Waals surface area contributed by atoms with E-state index in [-0.39, 0.29) is 0 Å². The summed E-state index contributed by atoms with van der Waals surface area (Å²) in [5.41, 5.74) is 1.25. The lowest BCUT2D eigenvalue weighted by molar-refractivity contribution is 0.118. The first-order valence-corrected chi connectivity index (χ1v) is 6.40. The molecule has 0 aromatic carbocycles. The summed E-state index contributed by atoms with van der Waals surface area (Å²) in [6.07, 6.45) is 11.8. The van der Waals surface area contributed by atoms with E-state index in [2.05, 4.69) is 17.2 Å². The quantitative estimate of drug-likeness (QED) is 0.733. The highest BCUT2D eigenvalue weighted by atomic mass is 16.5. The Hall–Kier alpha value is -0.830. The minimum absolute atomic E-state index is 0.495. The molecular weight excluding hydrogens is 200 g/mol. The van der Waals surface area contributed by atoms with Crippen LogP contribution in [0.4, 0.5) is 0 Å². The van der Waals surface area contributed by atoms with Crippen molar-refractivity contribution < 1.29 is 4.74 Å². The molecule has 0 aromatic heterocycles. The average molecular weight is 222 g/mol. The lowest BCUT2D eigenvalue weighted by atomic mass is 10.2. The van der Waals surface area contributed by atoms with Crippen LogP contribution in [0.1, 0.15) is 38.5 Å². The van der Waals surface area contributed by atoms with Gasteiger partial charge in [-0.15, -0.1) is 0 Å². The Kier molecular flexibility index (Phi) is 4.40. The Morgan fingerprint density at radius 1 is 1.44 bits per heavy atom.